The molecule has 0 aliphatic heterocycles. The fourth-order valence-electron chi connectivity index (χ4n) is 1.35. The van der Waals surface area contributed by atoms with Gasteiger partial charge in [0.1, 0.15) is 0 Å². The highest BCUT2D eigenvalue weighted by molar-refractivity contribution is 5.70. The van der Waals surface area contributed by atoms with Crippen LogP contribution >= 0.6 is 0 Å². The van der Waals surface area contributed by atoms with Gasteiger partial charge in [-0.1, -0.05) is 36.8 Å². The number of esters is 1. The first-order chi connectivity index (χ1) is 6.63. The second kappa shape index (κ2) is 4.80. The first-order valence-corrected chi connectivity index (χ1v) is 4.77. The summed E-state index contributed by atoms with van der Waals surface area (Å²) < 4.78 is 4.63. The van der Waals surface area contributed by atoms with E-state index < -0.39 is 0 Å². The minimum atomic E-state index is -0.155. The molecule has 1 aromatic carbocycles. The van der Waals surface area contributed by atoms with Crippen LogP contribution in [0.5, 0.6) is 0 Å². The number of rotatable bonds is 3. The van der Waals surface area contributed by atoms with Crippen molar-refractivity contribution in [3.63, 3.8) is 0 Å². The summed E-state index contributed by atoms with van der Waals surface area (Å²) in [6, 6.07) is 8.23. The Kier molecular flexibility index (Phi) is 3.69. The second-order valence-electron chi connectivity index (χ2n) is 3.59. The van der Waals surface area contributed by atoms with Crippen molar-refractivity contribution >= 4 is 5.97 Å². The highest BCUT2D eigenvalue weighted by Gasteiger charge is 2.10. The smallest absolute Gasteiger partial charge is 0.306 e. The molecule has 1 aromatic rings. The van der Waals surface area contributed by atoms with Crippen LogP contribution in [-0.2, 0) is 9.53 Å². The molecule has 0 aromatic heterocycles. The second-order valence-corrected chi connectivity index (χ2v) is 3.59. The highest BCUT2D eigenvalue weighted by Crippen LogP contribution is 2.19. The van der Waals surface area contributed by atoms with Crippen LogP contribution in [0.25, 0.3) is 0 Å². The van der Waals surface area contributed by atoms with Crippen LogP contribution in [0.1, 0.15) is 30.4 Å². The Hall–Kier alpha value is -1.31. The number of hydrogen-bond donors (Lipinski definition) is 0. The first kappa shape index (κ1) is 10.8. The average molecular weight is 192 g/mol. The number of ether oxygens (including phenoxy) is 1. The van der Waals surface area contributed by atoms with Crippen molar-refractivity contribution in [3.8, 4) is 0 Å². The zero-order valence-electron chi connectivity index (χ0n) is 8.91. The molecule has 0 saturated heterocycles. The van der Waals surface area contributed by atoms with Crippen molar-refractivity contribution in [2.45, 2.75) is 26.2 Å². The number of aryl methyl sites for hydroxylation is 1. The number of carbonyl (C=O) groups is 1. The summed E-state index contributed by atoms with van der Waals surface area (Å²) in [5.74, 6) is 0.0705. The fraction of sp³-hybridized carbons (Fsp3) is 0.417. The SMILES string of the molecule is COC(=O)C[C@H](C)c1ccc(C)cc1. The first-order valence-electron chi connectivity index (χ1n) is 4.77. The zero-order valence-corrected chi connectivity index (χ0v) is 8.91. The lowest BCUT2D eigenvalue weighted by molar-refractivity contribution is -0.140. The van der Waals surface area contributed by atoms with Crippen molar-refractivity contribution in [1.29, 1.82) is 0 Å². The summed E-state index contributed by atoms with van der Waals surface area (Å²) in [4.78, 5) is 11.0. The third-order valence-corrected chi connectivity index (χ3v) is 2.35. The molecule has 0 saturated carbocycles. The van der Waals surface area contributed by atoms with Crippen LogP contribution in [0.4, 0.5) is 0 Å². The molecule has 0 amide bonds. The molecule has 0 aliphatic carbocycles. The van der Waals surface area contributed by atoms with Gasteiger partial charge in [-0.2, -0.15) is 0 Å². The molecular weight excluding hydrogens is 176 g/mol. The van der Waals surface area contributed by atoms with Gasteiger partial charge in [0, 0.05) is 0 Å². The van der Waals surface area contributed by atoms with Crippen LogP contribution in [-0.4, -0.2) is 13.1 Å². The third-order valence-electron chi connectivity index (χ3n) is 2.35. The van der Waals surface area contributed by atoms with E-state index in [-0.39, 0.29) is 11.9 Å². The Morgan fingerprint density at radius 1 is 1.36 bits per heavy atom. The van der Waals surface area contributed by atoms with Gasteiger partial charge in [0.2, 0.25) is 0 Å². The molecule has 76 valence electrons. The van der Waals surface area contributed by atoms with E-state index >= 15 is 0 Å². The predicted octanol–water partition coefficient (Wildman–Crippen LogP) is 2.66. The maximum atomic E-state index is 11.0. The van der Waals surface area contributed by atoms with Gasteiger partial charge >= 0.3 is 5.97 Å². The summed E-state index contributed by atoms with van der Waals surface area (Å²) in [6.45, 7) is 4.08. The average Bonchev–Trinajstić information content (AvgIpc) is 2.18. The molecule has 14 heavy (non-hydrogen) atoms. The van der Waals surface area contributed by atoms with E-state index in [4.69, 9.17) is 0 Å². The van der Waals surface area contributed by atoms with Gasteiger partial charge in [0.15, 0.2) is 0 Å². The quantitative estimate of drug-likeness (QED) is 0.688. The van der Waals surface area contributed by atoms with Gasteiger partial charge in [-0.15, -0.1) is 0 Å². The lowest BCUT2D eigenvalue weighted by atomic mass is 9.97. The zero-order chi connectivity index (χ0) is 10.6. The molecule has 0 radical (unpaired) electrons. The van der Waals surface area contributed by atoms with E-state index in [1.165, 1.54) is 18.2 Å². The van der Waals surface area contributed by atoms with E-state index in [9.17, 15) is 4.79 Å². The summed E-state index contributed by atoms with van der Waals surface area (Å²) in [7, 11) is 1.42. The molecule has 0 N–H and O–H groups in total. The molecule has 1 rings (SSSR count). The van der Waals surface area contributed by atoms with E-state index in [0.717, 1.165) is 0 Å². The summed E-state index contributed by atoms with van der Waals surface area (Å²) in [5, 5.41) is 0. The Bertz CT molecular complexity index is 301. The van der Waals surface area contributed by atoms with Gasteiger partial charge in [-0.25, -0.2) is 0 Å². The molecule has 0 unspecified atom stereocenters. The van der Waals surface area contributed by atoms with Crippen molar-refractivity contribution in [1.82, 2.24) is 0 Å². The summed E-state index contributed by atoms with van der Waals surface area (Å²) in [6.07, 6.45) is 0.444. The van der Waals surface area contributed by atoms with Gasteiger partial charge in [0.25, 0.3) is 0 Å². The van der Waals surface area contributed by atoms with Gasteiger partial charge in [-0.3, -0.25) is 4.79 Å². The predicted molar refractivity (Wildman–Crippen MR) is 56.2 cm³/mol. The molecule has 0 bridgehead atoms. The van der Waals surface area contributed by atoms with E-state index in [1.54, 1.807) is 0 Å². The number of methoxy groups -OCH3 is 1. The number of benzene rings is 1. The maximum absolute atomic E-state index is 11.0. The highest BCUT2D eigenvalue weighted by atomic mass is 16.5. The normalized spacial score (nSPS) is 12.2. The molecular formula is C12H16O2. The molecule has 1 atom stereocenters. The Balaban J connectivity index is 2.65. The third kappa shape index (κ3) is 2.87. The fourth-order valence-corrected chi connectivity index (χ4v) is 1.35. The van der Waals surface area contributed by atoms with Crippen molar-refractivity contribution in [3.05, 3.63) is 35.4 Å². The lowest BCUT2D eigenvalue weighted by Gasteiger charge is -2.10. The standard InChI is InChI=1S/C12H16O2/c1-9-4-6-11(7-5-9)10(2)8-12(13)14-3/h4-7,10H,8H2,1-3H3/t10-/m0/s1. The Labute approximate surface area is 84.9 Å². The minimum absolute atomic E-state index is 0.155. The monoisotopic (exact) mass is 192 g/mol. The topological polar surface area (TPSA) is 26.3 Å². The number of carbonyl (C=O) groups excluding carboxylic acids is 1. The number of hydrogen-bond acceptors (Lipinski definition) is 2. The minimum Gasteiger partial charge on any atom is -0.469 e. The van der Waals surface area contributed by atoms with Crippen LogP contribution in [0, 0.1) is 6.92 Å². The summed E-state index contributed by atoms with van der Waals surface area (Å²) >= 11 is 0. The van der Waals surface area contributed by atoms with Crippen LogP contribution < -0.4 is 0 Å². The maximum Gasteiger partial charge on any atom is 0.306 e. The summed E-state index contributed by atoms with van der Waals surface area (Å²) in [5.41, 5.74) is 2.42. The largest absolute Gasteiger partial charge is 0.469 e. The molecule has 0 heterocycles. The Morgan fingerprint density at radius 2 is 1.93 bits per heavy atom. The van der Waals surface area contributed by atoms with Crippen LogP contribution in [0.2, 0.25) is 0 Å². The lowest BCUT2D eigenvalue weighted by Crippen LogP contribution is -2.05. The van der Waals surface area contributed by atoms with E-state index in [2.05, 4.69) is 35.9 Å². The van der Waals surface area contributed by atoms with Gasteiger partial charge in [0.05, 0.1) is 13.5 Å². The molecule has 2 nitrogen and oxygen atoms in total. The van der Waals surface area contributed by atoms with Crippen LogP contribution in [0.15, 0.2) is 24.3 Å². The molecule has 2 heteroatoms. The van der Waals surface area contributed by atoms with Crippen molar-refractivity contribution < 1.29 is 9.53 Å². The molecule has 0 fully saturated rings. The van der Waals surface area contributed by atoms with Gasteiger partial charge in [-0.05, 0) is 18.4 Å². The molecule has 0 aliphatic rings. The van der Waals surface area contributed by atoms with Crippen molar-refractivity contribution in [2.75, 3.05) is 7.11 Å². The van der Waals surface area contributed by atoms with E-state index in [0.29, 0.717) is 6.42 Å². The Morgan fingerprint density at radius 3 is 2.43 bits per heavy atom. The van der Waals surface area contributed by atoms with E-state index in [1.807, 2.05) is 6.92 Å². The molecule has 0 spiro atoms. The van der Waals surface area contributed by atoms with Gasteiger partial charge < -0.3 is 4.74 Å². The van der Waals surface area contributed by atoms with Crippen LogP contribution in [0.3, 0.4) is 0 Å². The van der Waals surface area contributed by atoms with Crippen molar-refractivity contribution in [2.24, 2.45) is 0 Å².